The van der Waals surface area contributed by atoms with E-state index in [1.807, 2.05) is 13.8 Å². The summed E-state index contributed by atoms with van der Waals surface area (Å²) in [6, 6.07) is -0.676. The highest BCUT2D eigenvalue weighted by Crippen LogP contribution is 2.10. The molecule has 2 unspecified atom stereocenters. The zero-order valence-corrected chi connectivity index (χ0v) is 13.4. The van der Waals surface area contributed by atoms with Crippen molar-refractivity contribution >= 4 is 23.7 Å². The second-order valence-corrected chi connectivity index (χ2v) is 5.09. The first kappa shape index (κ1) is 19.0. The fourth-order valence-corrected chi connectivity index (χ4v) is 1.66. The van der Waals surface area contributed by atoms with Gasteiger partial charge in [-0.2, -0.15) is 0 Å². The maximum Gasteiger partial charge on any atom is 0.407 e. The SMILES string of the molecule is CCCCCOC(=O)C(NC(=O)OCCCl)C(C)CC. The maximum absolute atomic E-state index is 12.0. The third-order valence-corrected chi connectivity index (χ3v) is 3.20. The van der Waals surface area contributed by atoms with Gasteiger partial charge in [-0.25, -0.2) is 9.59 Å². The summed E-state index contributed by atoms with van der Waals surface area (Å²) in [5.41, 5.74) is 0. The predicted molar refractivity (Wildman–Crippen MR) is 78.9 cm³/mol. The molecule has 0 aliphatic heterocycles. The van der Waals surface area contributed by atoms with E-state index in [0.29, 0.717) is 6.61 Å². The minimum Gasteiger partial charge on any atom is -0.464 e. The first-order valence-electron chi connectivity index (χ1n) is 7.22. The molecule has 0 saturated heterocycles. The molecule has 0 heterocycles. The average molecular weight is 308 g/mol. The summed E-state index contributed by atoms with van der Waals surface area (Å²) in [5, 5.41) is 2.55. The highest BCUT2D eigenvalue weighted by Gasteiger charge is 2.27. The number of unbranched alkanes of at least 4 members (excludes halogenated alkanes) is 2. The summed E-state index contributed by atoms with van der Waals surface area (Å²) in [4.78, 5) is 23.5. The van der Waals surface area contributed by atoms with E-state index in [-0.39, 0.29) is 18.4 Å². The molecular formula is C14H26ClNO4. The molecule has 6 heteroatoms. The van der Waals surface area contributed by atoms with Crippen molar-refractivity contribution in [1.82, 2.24) is 5.32 Å². The van der Waals surface area contributed by atoms with Crippen molar-refractivity contribution in [2.75, 3.05) is 19.1 Å². The molecule has 0 aromatic carbocycles. The maximum atomic E-state index is 12.0. The quantitative estimate of drug-likeness (QED) is 0.383. The van der Waals surface area contributed by atoms with Crippen LogP contribution in [0.25, 0.3) is 0 Å². The van der Waals surface area contributed by atoms with Crippen LogP contribution in [0.5, 0.6) is 0 Å². The second kappa shape index (κ2) is 11.8. The zero-order chi connectivity index (χ0) is 15.4. The monoisotopic (exact) mass is 307 g/mol. The van der Waals surface area contributed by atoms with Crippen molar-refractivity contribution in [3.05, 3.63) is 0 Å². The number of alkyl halides is 1. The van der Waals surface area contributed by atoms with Crippen molar-refractivity contribution in [3.8, 4) is 0 Å². The van der Waals surface area contributed by atoms with Gasteiger partial charge < -0.3 is 14.8 Å². The highest BCUT2D eigenvalue weighted by molar-refractivity contribution is 6.18. The van der Waals surface area contributed by atoms with Crippen LogP contribution in [0.15, 0.2) is 0 Å². The number of ether oxygens (including phenoxy) is 2. The van der Waals surface area contributed by atoms with Gasteiger partial charge in [-0.05, 0) is 12.3 Å². The first-order chi connectivity index (χ1) is 9.56. The third kappa shape index (κ3) is 8.25. The summed E-state index contributed by atoms with van der Waals surface area (Å²) in [7, 11) is 0. The van der Waals surface area contributed by atoms with Crippen molar-refractivity contribution in [2.45, 2.75) is 52.5 Å². The van der Waals surface area contributed by atoms with Crippen LogP contribution in [0.4, 0.5) is 4.79 Å². The Morgan fingerprint density at radius 3 is 2.40 bits per heavy atom. The molecule has 0 aromatic heterocycles. The summed E-state index contributed by atoms with van der Waals surface area (Å²) in [5.74, 6) is -0.196. The summed E-state index contributed by atoms with van der Waals surface area (Å²) in [6.07, 6.45) is 3.04. The molecule has 0 radical (unpaired) electrons. The smallest absolute Gasteiger partial charge is 0.407 e. The van der Waals surface area contributed by atoms with Crippen LogP contribution < -0.4 is 5.32 Å². The Balaban J connectivity index is 4.32. The van der Waals surface area contributed by atoms with Gasteiger partial charge in [-0.3, -0.25) is 0 Å². The van der Waals surface area contributed by atoms with Crippen molar-refractivity contribution < 1.29 is 19.1 Å². The molecule has 118 valence electrons. The molecule has 0 aromatic rings. The number of carbonyl (C=O) groups is 2. The van der Waals surface area contributed by atoms with Crippen LogP contribution >= 0.6 is 11.6 Å². The normalized spacial score (nSPS) is 13.4. The lowest BCUT2D eigenvalue weighted by Crippen LogP contribution is -2.46. The third-order valence-electron chi connectivity index (χ3n) is 3.04. The highest BCUT2D eigenvalue weighted by atomic mass is 35.5. The van der Waals surface area contributed by atoms with Crippen molar-refractivity contribution in [1.29, 1.82) is 0 Å². The number of amides is 1. The van der Waals surface area contributed by atoms with Gasteiger partial charge >= 0.3 is 12.1 Å². The van der Waals surface area contributed by atoms with E-state index in [1.165, 1.54) is 0 Å². The lowest BCUT2D eigenvalue weighted by atomic mass is 9.99. The fourth-order valence-electron chi connectivity index (χ4n) is 1.58. The molecule has 20 heavy (non-hydrogen) atoms. The zero-order valence-electron chi connectivity index (χ0n) is 12.6. The van der Waals surface area contributed by atoms with Crippen LogP contribution in [0.2, 0.25) is 0 Å². The molecule has 5 nitrogen and oxygen atoms in total. The molecule has 0 aliphatic rings. The van der Waals surface area contributed by atoms with Crippen molar-refractivity contribution in [3.63, 3.8) is 0 Å². The number of halogens is 1. The van der Waals surface area contributed by atoms with E-state index in [4.69, 9.17) is 21.1 Å². The Hall–Kier alpha value is -0.970. The minimum atomic E-state index is -0.676. The molecule has 0 bridgehead atoms. The standard InChI is InChI=1S/C14H26ClNO4/c1-4-6-7-9-19-13(17)12(11(3)5-2)16-14(18)20-10-8-15/h11-12H,4-10H2,1-3H3,(H,16,18). The van der Waals surface area contributed by atoms with Gasteiger partial charge in [-0.1, -0.05) is 40.0 Å². The van der Waals surface area contributed by atoms with E-state index < -0.39 is 18.1 Å². The average Bonchev–Trinajstić information content (AvgIpc) is 2.46. The van der Waals surface area contributed by atoms with Crippen molar-refractivity contribution in [2.24, 2.45) is 5.92 Å². The van der Waals surface area contributed by atoms with E-state index in [1.54, 1.807) is 0 Å². The van der Waals surface area contributed by atoms with E-state index in [2.05, 4.69) is 12.2 Å². The molecule has 1 amide bonds. The lowest BCUT2D eigenvalue weighted by molar-refractivity contribution is -0.147. The van der Waals surface area contributed by atoms with E-state index in [0.717, 1.165) is 25.7 Å². The number of hydrogen-bond donors (Lipinski definition) is 1. The largest absolute Gasteiger partial charge is 0.464 e. The number of esters is 1. The first-order valence-corrected chi connectivity index (χ1v) is 7.76. The fraction of sp³-hybridized carbons (Fsp3) is 0.857. The number of hydrogen-bond acceptors (Lipinski definition) is 4. The molecule has 2 atom stereocenters. The van der Waals surface area contributed by atoms with Crippen LogP contribution in [0, 0.1) is 5.92 Å². The van der Waals surface area contributed by atoms with Gasteiger partial charge in [0.05, 0.1) is 12.5 Å². The summed E-state index contributed by atoms with van der Waals surface area (Å²) in [6.45, 7) is 6.43. The molecular weight excluding hydrogens is 282 g/mol. The summed E-state index contributed by atoms with van der Waals surface area (Å²) >= 11 is 5.44. The van der Waals surface area contributed by atoms with Gasteiger partial charge in [0.25, 0.3) is 0 Å². The molecule has 0 aliphatic carbocycles. The molecule has 0 fully saturated rings. The van der Waals surface area contributed by atoms with Gasteiger partial charge in [0.15, 0.2) is 0 Å². The van der Waals surface area contributed by atoms with E-state index in [9.17, 15) is 9.59 Å². The van der Waals surface area contributed by atoms with Gasteiger partial charge in [0, 0.05) is 0 Å². The van der Waals surface area contributed by atoms with Crippen LogP contribution in [-0.4, -0.2) is 37.2 Å². The van der Waals surface area contributed by atoms with Crippen LogP contribution in [0.1, 0.15) is 46.5 Å². The molecule has 0 spiro atoms. The Morgan fingerprint density at radius 2 is 1.85 bits per heavy atom. The van der Waals surface area contributed by atoms with Gasteiger partial charge in [0.1, 0.15) is 12.6 Å². The predicted octanol–water partition coefficient (Wildman–Crippen LogP) is 3.10. The topological polar surface area (TPSA) is 64.6 Å². The molecule has 1 N–H and O–H groups in total. The van der Waals surface area contributed by atoms with E-state index >= 15 is 0 Å². The second-order valence-electron chi connectivity index (χ2n) is 4.71. The number of carbonyl (C=O) groups excluding carboxylic acids is 2. The number of nitrogens with one attached hydrogen (secondary N) is 1. The van der Waals surface area contributed by atoms with Crippen LogP contribution in [-0.2, 0) is 14.3 Å². The van der Waals surface area contributed by atoms with Gasteiger partial charge in [-0.15, -0.1) is 11.6 Å². The number of rotatable bonds is 10. The minimum absolute atomic E-state index is 0.0165. The Labute approximate surface area is 126 Å². The van der Waals surface area contributed by atoms with Gasteiger partial charge in [0.2, 0.25) is 0 Å². The molecule has 0 saturated carbocycles. The Kier molecular flexibility index (Phi) is 11.3. The number of alkyl carbamates (subject to hydrolysis) is 1. The Bertz CT molecular complexity index is 286. The lowest BCUT2D eigenvalue weighted by Gasteiger charge is -2.22. The summed E-state index contributed by atoms with van der Waals surface area (Å²) < 4.78 is 10.0. The van der Waals surface area contributed by atoms with Crippen LogP contribution in [0.3, 0.4) is 0 Å². The molecule has 0 rings (SSSR count). The Morgan fingerprint density at radius 1 is 1.15 bits per heavy atom.